The molecule has 17 heavy (non-hydrogen) atoms. The molecule has 0 amide bonds. The van der Waals surface area contributed by atoms with Gasteiger partial charge in [0.05, 0.1) is 5.41 Å². The fraction of sp³-hybridized carbons (Fsp3) is 0.583. The number of aliphatic carboxylic acids is 1. The molecule has 1 atom stereocenters. The van der Waals surface area contributed by atoms with Crippen LogP contribution in [0.2, 0.25) is 0 Å². The normalized spacial score (nSPS) is 26.0. The number of thiophene rings is 1. The second kappa shape index (κ2) is 5.08. The van der Waals surface area contributed by atoms with E-state index >= 15 is 0 Å². The van der Waals surface area contributed by atoms with Crippen molar-refractivity contribution in [2.75, 3.05) is 13.1 Å². The molecule has 1 aromatic heterocycles. The summed E-state index contributed by atoms with van der Waals surface area (Å²) in [6.45, 7) is 4.34. The summed E-state index contributed by atoms with van der Waals surface area (Å²) in [6, 6.07) is 2.04. The third-order valence-electron chi connectivity index (χ3n) is 3.35. The van der Waals surface area contributed by atoms with Crippen LogP contribution in [0.5, 0.6) is 0 Å². The lowest BCUT2D eigenvalue weighted by molar-refractivity contribution is -0.151. The Morgan fingerprint density at radius 2 is 2.47 bits per heavy atom. The van der Waals surface area contributed by atoms with Crippen LogP contribution in [0.15, 0.2) is 15.9 Å². The van der Waals surface area contributed by atoms with E-state index in [0.29, 0.717) is 6.54 Å². The van der Waals surface area contributed by atoms with Crippen LogP contribution in [0.25, 0.3) is 0 Å². The van der Waals surface area contributed by atoms with E-state index < -0.39 is 11.4 Å². The van der Waals surface area contributed by atoms with E-state index in [0.717, 1.165) is 30.4 Å². The second-order valence-electron chi connectivity index (χ2n) is 4.87. The van der Waals surface area contributed by atoms with Crippen molar-refractivity contribution in [1.29, 1.82) is 0 Å². The molecule has 0 aliphatic carbocycles. The molecule has 1 aromatic rings. The van der Waals surface area contributed by atoms with E-state index in [1.807, 2.05) is 13.0 Å². The summed E-state index contributed by atoms with van der Waals surface area (Å²) in [5.41, 5.74) is -0.581. The van der Waals surface area contributed by atoms with Crippen LogP contribution in [0.4, 0.5) is 0 Å². The van der Waals surface area contributed by atoms with Crippen molar-refractivity contribution in [2.45, 2.75) is 26.3 Å². The van der Waals surface area contributed by atoms with Gasteiger partial charge >= 0.3 is 5.97 Å². The molecule has 5 heteroatoms. The highest BCUT2D eigenvalue weighted by Crippen LogP contribution is 2.32. The Labute approximate surface area is 114 Å². The minimum Gasteiger partial charge on any atom is -0.481 e. The first-order valence-corrected chi connectivity index (χ1v) is 7.36. The number of carbonyl (C=O) groups is 1. The van der Waals surface area contributed by atoms with Gasteiger partial charge in [0.25, 0.3) is 0 Å². The fourth-order valence-corrected chi connectivity index (χ4v) is 3.81. The van der Waals surface area contributed by atoms with E-state index in [4.69, 9.17) is 0 Å². The van der Waals surface area contributed by atoms with Gasteiger partial charge in [-0.2, -0.15) is 0 Å². The number of rotatable bonds is 3. The summed E-state index contributed by atoms with van der Waals surface area (Å²) in [5, 5.41) is 11.3. The minimum absolute atomic E-state index is 0.581. The fourth-order valence-electron chi connectivity index (χ4n) is 2.30. The maximum atomic E-state index is 11.3. The minimum atomic E-state index is -0.674. The molecule has 0 bridgehead atoms. The Morgan fingerprint density at radius 3 is 3.06 bits per heavy atom. The van der Waals surface area contributed by atoms with Crippen molar-refractivity contribution in [3.8, 4) is 0 Å². The van der Waals surface area contributed by atoms with Crippen molar-refractivity contribution in [3.63, 3.8) is 0 Å². The molecule has 0 aromatic carbocycles. The highest BCUT2D eigenvalue weighted by Gasteiger charge is 2.37. The molecule has 3 nitrogen and oxygen atoms in total. The summed E-state index contributed by atoms with van der Waals surface area (Å²) in [5.74, 6) is -0.674. The molecule has 2 heterocycles. The van der Waals surface area contributed by atoms with Crippen LogP contribution < -0.4 is 0 Å². The molecule has 0 saturated carbocycles. The molecule has 1 aliphatic heterocycles. The monoisotopic (exact) mass is 317 g/mol. The van der Waals surface area contributed by atoms with E-state index in [-0.39, 0.29) is 0 Å². The average molecular weight is 318 g/mol. The summed E-state index contributed by atoms with van der Waals surface area (Å²) in [7, 11) is 0. The SMILES string of the molecule is CC1(C(=O)O)CCCN(Cc2sccc2Br)C1. The number of halogens is 1. The largest absolute Gasteiger partial charge is 0.481 e. The topological polar surface area (TPSA) is 40.5 Å². The van der Waals surface area contributed by atoms with Gasteiger partial charge in [0, 0.05) is 22.4 Å². The van der Waals surface area contributed by atoms with Crippen molar-refractivity contribution < 1.29 is 9.90 Å². The predicted molar refractivity (Wildman–Crippen MR) is 72.3 cm³/mol. The number of nitrogens with zero attached hydrogens (tertiary/aromatic N) is 1. The molecular weight excluding hydrogens is 302 g/mol. The predicted octanol–water partition coefficient (Wildman–Crippen LogP) is 3.20. The lowest BCUT2D eigenvalue weighted by Crippen LogP contribution is -2.45. The van der Waals surface area contributed by atoms with Gasteiger partial charge < -0.3 is 5.11 Å². The Kier molecular flexibility index (Phi) is 3.90. The van der Waals surface area contributed by atoms with Crippen molar-refractivity contribution in [3.05, 3.63) is 20.8 Å². The Hall–Kier alpha value is -0.390. The van der Waals surface area contributed by atoms with Gasteiger partial charge in [0.2, 0.25) is 0 Å². The Bertz CT molecular complexity index is 420. The van der Waals surface area contributed by atoms with Gasteiger partial charge in [-0.25, -0.2) is 0 Å². The first-order chi connectivity index (χ1) is 8.01. The number of piperidine rings is 1. The third kappa shape index (κ3) is 2.89. The van der Waals surface area contributed by atoms with Gasteiger partial charge in [-0.1, -0.05) is 0 Å². The van der Waals surface area contributed by atoms with Gasteiger partial charge in [-0.3, -0.25) is 9.69 Å². The second-order valence-corrected chi connectivity index (χ2v) is 6.73. The van der Waals surface area contributed by atoms with Crippen molar-refractivity contribution in [1.82, 2.24) is 4.90 Å². The molecule has 1 unspecified atom stereocenters. The summed E-state index contributed by atoms with van der Waals surface area (Å²) in [4.78, 5) is 14.8. The molecule has 1 fully saturated rings. The molecule has 1 N–H and O–H groups in total. The average Bonchev–Trinajstić information content (AvgIpc) is 2.64. The Balaban J connectivity index is 2.03. The quantitative estimate of drug-likeness (QED) is 0.930. The highest BCUT2D eigenvalue weighted by atomic mass is 79.9. The number of likely N-dealkylation sites (tertiary alicyclic amines) is 1. The van der Waals surface area contributed by atoms with E-state index in [9.17, 15) is 9.90 Å². The summed E-state index contributed by atoms with van der Waals surface area (Å²) in [6.07, 6.45) is 1.75. The summed E-state index contributed by atoms with van der Waals surface area (Å²) < 4.78 is 1.13. The molecule has 0 spiro atoms. The smallest absolute Gasteiger partial charge is 0.310 e. The van der Waals surface area contributed by atoms with Gasteiger partial charge in [0.15, 0.2) is 0 Å². The van der Waals surface area contributed by atoms with Gasteiger partial charge in [0.1, 0.15) is 0 Å². The molecular formula is C12H16BrNO2S. The molecule has 1 saturated heterocycles. The van der Waals surface area contributed by atoms with E-state index in [1.165, 1.54) is 4.88 Å². The third-order valence-corrected chi connectivity index (χ3v) is 5.26. The van der Waals surface area contributed by atoms with Crippen LogP contribution >= 0.6 is 27.3 Å². The van der Waals surface area contributed by atoms with E-state index in [2.05, 4.69) is 26.2 Å². The highest BCUT2D eigenvalue weighted by molar-refractivity contribution is 9.10. The van der Waals surface area contributed by atoms with Crippen LogP contribution in [-0.2, 0) is 11.3 Å². The van der Waals surface area contributed by atoms with Gasteiger partial charge in [-0.05, 0) is 53.7 Å². The summed E-state index contributed by atoms with van der Waals surface area (Å²) >= 11 is 5.23. The number of hydrogen-bond acceptors (Lipinski definition) is 3. The zero-order valence-corrected chi connectivity index (χ0v) is 12.2. The van der Waals surface area contributed by atoms with Crippen LogP contribution in [0.1, 0.15) is 24.6 Å². The standard InChI is InChI=1S/C12H16BrNO2S/c1-12(11(15)16)4-2-5-14(8-12)7-10-9(13)3-6-17-10/h3,6H,2,4-5,7-8H2,1H3,(H,15,16). The first kappa shape index (κ1) is 13.1. The van der Waals surface area contributed by atoms with Crippen LogP contribution in [-0.4, -0.2) is 29.1 Å². The molecule has 2 rings (SSSR count). The lowest BCUT2D eigenvalue weighted by Gasteiger charge is -2.37. The maximum absolute atomic E-state index is 11.3. The lowest BCUT2D eigenvalue weighted by atomic mass is 9.82. The van der Waals surface area contributed by atoms with Crippen LogP contribution in [0, 0.1) is 5.41 Å². The van der Waals surface area contributed by atoms with Crippen LogP contribution in [0.3, 0.4) is 0 Å². The van der Waals surface area contributed by atoms with Crippen molar-refractivity contribution in [2.24, 2.45) is 5.41 Å². The maximum Gasteiger partial charge on any atom is 0.310 e. The number of hydrogen-bond donors (Lipinski definition) is 1. The molecule has 0 radical (unpaired) electrons. The Morgan fingerprint density at radius 1 is 1.71 bits per heavy atom. The molecule has 1 aliphatic rings. The van der Waals surface area contributed by atoms with E-state index in [1.54, 1.807) is 11.3 Å². The zero-order valence-electron chi connectivity index (χ0n) is 9.78. The van der Waals surface area contributed by atoms with Gasteiger partial charge in [-0.15, -0.1) is 11.3 Å². The number of carboxylic acids is 1. The first-order valence-electron chi connectivity index (χ1n) is 5.69. The zero-order chi connectivity index (χ0) is 12.5. The number of carboxylic acid groups (broad SMARTS) is 1. The molecule has 94 valence electrons. The van der Waals surface area contributed by atoms with Crippen molar-refractivity contribution >= 4 is 33.2 Å².